The summed E-state index contributed by atoms with van der Waals surface area (Å²) in [6.07, 6.45) is 4.59. The first kappa shape index (κ1) is 21.2. The van der Waals surface area contributed by atoms with Gasteiger partial charge < -0.3 is 10.6 Å². The maximum atomic E-state index is 12.5. The lowest BCUT2D eigenvalue weighted by Crippen LogP contribution is -2.52. The van der Waals surface area contributed by atoms with Crippen LogP contribution in [0, 0.1) is 0 Å². The molecular weight excluding hydrogens is 390 g/mol. The van der Waals surface area contributed by atoms with Gasteiger partial charge in [0.15, 0.2) is 0 Å². The van der Waals surface area contributed by atoms with Crippen molar-refractivity contribution in [3.63, 3.8) is 0 Å². The van der Waals surface area contributed by atoms with E-state index in [-0.39, 0.29) is 36.0 Å². The van der Waals surface area contributed by atoms with Crippen molar-refractivity contribution in [3.05, 3.63) is 70.5 Å². The predicted octanol–water partition coefficient (Wildman–Crippen LogP) is 2.96. The Balaban J connectivity index is 1.35. The Labute approximate surface area is 181 Å². The third kappa shape index (κ3) is 4.99. The second kappa shape index (κ2) is 9.39. The van der Waals surface area contributed by atoms with E-state index in [0.717, 1.165) is 25.7 Å². The van der Waals surface area contributed by atoms with E-state index < -0.39 is 0 Å². The summed E-state index contributed by atoms with van der Waals surface area (Å²) in [5.41, 5.74) is 1.50. The maximum absolute atomic E-state index is 12.5. The Morgan fingerprint density at radius 3 is 2.58 bits per heavy atom. The average molecular weight is 420 g/mol. The van der Waals surface area contributed by atoms with Gasteiger partial charge in [0.25, 0.3) is 5.56 Å². The van der Waals surface area contributed by atoms with Crippen LogP contribution in [-0.2, 0) is 11.3 Å². The van der Waals surface area contributed by atoms with Crippen molar-refractivity contribution < 1.29 is 4.79 Å². The average Bonchev–Trinajstić information content (AvgIpc) is 3.26. The smallest absolute Gasteiger partial charge is 0.277 e. The van der Waals surface area contributed by atoms with Crippen LogP contribution in [0.3, 0.4) is 0 Å². The van der Waals surface area contributed by atoms with Crippen LogP contribution in [0.25, 0.3) is 10.9 Å². The Bertz CT molecular complexity index is 1090. The number of aromatic nitrogens is 3. The number of rotatable bonds is 8. The highest BCUT2D eigenvalue weighted by Gasteiger charge is 2.35. The molecule has 1 aliphatic carbocycles. The van der Waals surface area contributed by atoms with Crippen LogP contribution in [0.2, 0.25) is 0 Å². The van der Waals surface area contributed by atoms with Gasteiger partial charge in [0, 0.05) is 24.5 Å². The summed E-state index contributed by atoms with van der Waals surface area (Å²) >= 11 is 0. The largest absolute Gasteiger partial charge is 0.354 e. The number of amides is 1. The van der Waals surface area contributed by atoms with Gasteiger partial charge in [0.1, 0.15) is 5.52 Å². The minimum atomic E-state index is -0.219. The van der Waals surface area contributed by atoms with Crippen LogP contribution in [0.4, 0.5) is 0 Å². The number of hydrogen-bond acceptors (Lipinski definition) is 5. The van der Waals surface area contributed by atoms with Gasteiger partial charge in [-0.05, 0) is 37.5 Å². The first-order valence-corrected chi connectivity index (χ1v) is 11.0. The molecular formula is C24H29N5O2. The van der Waals surface area contributed by atoms with E-state index in [9.17, 15) is 9.59 Å². The third-order valence-corrected chi connectivity index (χ3v) is 6.19. The lowest BCUT2D eigenvalue weighted by atomic mass is 9.94. The maximum Gasteiger partial charge on any atom is 0.277 e. The Morgan fingerprint density at radius 1 is 1.10 bits per heavy atom. The number of carbonyl (C=O) groups is 1. The third-order valence-electron chi connectivity index (χ3n) is 6.19. The number of carbonyl (C=O) groups excluding carboxylic acids is 1. The fraction of sp³-hybridized carbons (Fsp3) is 0.417. The molecule has 31 heavy (non-hydrogen) atoms. The molecule has 162 valence electrons. The van der Waals surface area contributed by atoms with E-state index in [2.05, 4.69) is 40.0 Å². The second-order valence-corrected chi connectivity index (χ2v) is 8.43. The molecule has 0 aliphatic heterocycles. The zero-order valence-corrected chi connectivity index (χ0v) is 17.9. The molecule has 1 aliphatic rings. The van der Waals surface area contributed by atoms with Crippen molar-refractivity contribution in [1.29, 1.82) is 0 Å². The van der Waals surface area contributed by atoms with Crippen molar-refractivity contribution in [2.45, 2.75) is 57.2 Å². The number of nitrogens with zero attached hydrogens (tertiary/aromatic N) is 3. The van der Waals surface area contributed by atoms with E-state index >= 15 is 0 Å². The second-order valence-electron chi connectivity index (χ2n) is 8.43. The molecule has 1 heterocycles. The molecule has 2 N–H and O–H groups in total. The van der Waals surface area contributed by atoms with E-state index in [4.69, 9.17) is 0 Å². The summed E-state index contributed by atoms with van der Waals surface area (Å²) in [5.74, 6) is -0.0812. The van der Waals surface area contributed by atoms with Gasteiger partial charge in [-0.1, -0.05) is 60.5 Å². The van der Waals surface area contributed by atoms with Crippen LogP contribution in [0.1, 0.15) is 50.6 Å². The molecule has 7 heteroatoms. The molecule has 0 radical (unpaired) electrons. The van der Waals surface area contributed by atoms with Gasteiger partial charge in [-0.2, -0.15) is 0 Å². The molecule has 1 amide bonds. The minimum Gasteiger partial charge on any atom is -0.354 e. The molecule has 4 rings (SSSR count). The van der Waals surface area contributed by atoms with Gasteiger partial charge in [-0.25, -0.2) is 4.68 Å². The highest BCUT2D eigenvalue weighted by Crippen LogP contribution is 2.31. The molecule has 1 atom stereocenters. The zero-order valence-electron chi connectivity index (χ0n) is 17.9. The first-order chi connectivity index (χ1) is 15.1. The minimum absolute atomic E-state index is 0.0812. The molecule has 1 aromatic heterocycles. The van der Waals surface area contributed by atoms with Crippen LogP contribution in [-0.4, -0.2) is 33.0 Å². The Morgan fingerprint density at radius 2 is 1.81 bits per heavy atom. The standard InChI is InChI=1S/C24H29N5O2/c1-18(19-9-3-2-4-10-19)26-24(14-7-8-15-24)17-25-22(30)13-16-29-23(31)20-11-5-6-12-21(20)27-28-29/h2-6,9-12,18,26H,7-8,13-17H2,1H3,(H,25,30). The lowest BCUT2D eigenvalue weighted by Gasteiger charge is -2.34. The van der Waals surface area contributed by atoms with Gasteiger partial charge in [0.2, 0.25) is 5.91 Å². The molecule has 1 fully saturated rings. The molecule has 2 aromatic carbocycles. The number of fused-ring (bicyclic) bond motifs is 1. The fourth-order valence-corrected chi connectivity index (χ4v) is 4.44. The van der Waals surface area contributed by atoms with Crippen LogP contribution in [0.5, 0.6) is 0 Å². The first-order valence-electron chi connectivity index (χ1n) is 11.0. The number of nitrogens with one attached hydrogen (secondary N) is 2. The van der Waals surface area contributed by atoms with Crippen LogP contribution in [0.15, 0.2) is 59.4 Å². The van der Waals surface area contributed by atoms with Gasteiger partial charge in [0.05, 0.1) is 11.9 Å². The monoisotopic (exact) mass is 419 g/mol. The summed E-state index contributed by atoms with van der Waals surface area (Å²) in [7, 11) is 0. The SMILES string of the molecule is CC(NC1(CNC(=O)CCn2nnc3ccccc3c2=O)CCCC1)c1ccccc1. The molecule has 0 saturated heterocycles. The van der Waals surface area contributed by atoms with Crippen molar-refractivity contribution >= 4 is 16.8 Å². The summed E-state index contributed by atoms with van der Waals surface area (Å²) in [4.78, 5) is 25.1. The van der Waals surface area contributed by atoms with Crippen molar-refractivity contribution in [2.24, 2.45) is 0 Å². The topological polar surface area (TPSA) is 88.9 Å². The highest BCUT2D eigenvalue weighted by atomic mass is 16.2. The van der Waals surface area contributed by atoms with Crippen LogP contribution < -0.4 is 16.2 Å². The van der Waals surface area contributed by atoms with Crippen molar-refractivity contribution in [2.75, 3.05) is 6.54 Å². The molecule has 0 spiro atoms. The fourth-order valence-electron chi connectivity index (χ4n) is 4.44. The molecule has 0 bridgehead atoms. The number of aryl methyl sites for hydroxylation is 1. The normalized spacial score (nSPS) is 16.3. The van der Waals surface area contributed by atoms with Crippen molar-refractivity contribution in [1.82, 2.24) is 25.6 Å². The molecule has 1 saturated carbocycles. The number of hydrogen-bond donors (Lipinski definition) is 2. The molecule has 7 nitrogen and oxygen atoms in total. The van der Waals surface area contributed by atoms with Crippen LogP contribution >= 0.6 is 0 Å². The highest BCUT2D eigenvalue weighted by molar-refractivity contribution is 5.77. The summed E-state index contributed by atoms with van der Waals surface area (Å²) < 4.78 is 1.27. The quantitative estimate of drug-likeness (QED) is 0.586. The molecule has 1 unspecified atom stereocenters. The van der Waals surface area contributed by atoms with Gasteiger partial charge in [-0.3, -0.25) is 9.59 Å². The molecule has 3 aromatic rings. The van der Waals surface area contributed by atoms with E-state index in [1.807, 2.05) is 24.3 Å². The summed E-state index contributed by atoms with van der Waals surface area (Å²) in [6.45, 7) is 2.96. The predicted molar refractivity (Wildman–Crippen MR) is 121 cm³/mol. The van der Waals surface area contributed by atoms with Gasteiger partial charge >= 0.3 is 0 Å². The summed E-state index contributed by atoms with van der Waals surface area (Å²) in [5, 5.41) is 15.4. The van der Waals surface area contributed by atoms with E-state index in [1.165, 1.54) is 10.2 Å². The van der Waals surface area contributed by atoms with Gasteiger partial charge in [-0.15, -0.1) is 5.10 Å². The van der Waals surface area contributed by atoms with E-state index in [0.29, 0.717) is 17.4 Å². The Hall–Kier alpha value is -3.06. The van der Waals surface area contributed by atoms with E-state index in [1.54, 1.807) is 18.2 Å². The number of benzene rings is 2. The Kier molecular flexibility index (Phi) is 6.42. The van der Waals surface area contributed by atoms with Crippen molar-refractivity contribution in [3.8, 4) is 0 Å². The lowest BCUT2D eigenvalue weighted by molar-refractivity contribution is -0.121. The summed E-state index contributed by atoms with van der Waals surface area (Å²) in [6, 6.07) is 17.7. The zero-order chi connectivity index (χ0) is 21.7.